The summed E-state index contributed by atoms with van der Waals surface area (Å²) in [5, 5.41) is 11.0. The van der Waals surface area contributed by atoms with Crippen LogP contribution in [0.5, 0.6) is 0 Å². The average molecular weight is 253 g/mol. The van der Waals surface area contributed by atoms with Gasteiger partial charge in [-0.25, -0.2) is 0 Å². The topological polar surface area (TPSA) is 58.6 Å². The minimum atomic E-state index is -0.924. The van der Waals surface area contributed by atoms with Gasteiger partial charge in [-0.2, -0.15) is 10.3 Å². The van der Waals surface area contributed by atoms with Crippen LogP contribution in [0.1, 0.15) is 0 Å². The van der Waals surface area contributed by atoms with Crippen molar-refractivity contribution in [2.75, 3.05) is 11.5 Å². The normalized spacial score (nSPS) is 12.5. The number of hydrogen-bond donors (Lipinski definition) is 1. The lowest BCUT2D eigenvalue weighted by atomic mass is 10.4. The summed E-state index contributed by atoms with van der Waals surface area (Å²) >= 11 is 1.55. The van der Waals surface area contributed by atoms with E-state index in [9.17, 15) is 4.21 Å². The molecule has 0 radical (unpaired) electrons. The van der Waals surface area contributed by atoms with Gasteiger partial charge < -0.3 is 0 Å². The first-order valence-electron chi connectivity index (χ1n) is 4.78. The van der Waals surface area contributed by atoms with Gasteiger partial charge in [-0.3, -0.25) is 4.21 Å². The van der Waals surface area contributed by atoms with Crippen LogP contribution in [-0.4, -0.2) is 31.1 Å². The Morgan fingerprint density at radius 3 is 2.81 bits per heavy atom. The zero-order valence-corrected chi connectivity index (χ0v) is 10.1. The smallest absolute Gasteiger partial charge is 0.138 e. The number of hydrogen-bond acceptors (Lipinski definition) is 4. The fraction of sp³-hybridized carbons (Fsp3) is 0.200. The summed E-state index contributed by atoms with van der Waals surface area (Å²) in [6, 6.07) is 9.49. The fourth-order valence-electron chi connectivity index (χ4n) is 1.17. The van der Waals surface area contributed by atoms with E-state index in [1.165, 1.54) is 0 Å². The Labute approximate surface area is 100 Å². The van der Waals surface area contributed by atoms with E-state index in [-0.39, 0.29) is 0 Å². The number of rotatable bonds is 5. The highest BCUT2D eigenvalue weighted by atomic mass is 32.2. The number of aromatic nitrogens is 3. The van der Waals surface area contributed by atoms with Gasteiger partial charge in [0.15, 0.2) is 0 Å². The van der Waals surface area contributed by atoms with E-state index in [1.807, 2.05) is 30.3 Å². The van der Waals surface area contributed by atoms with Crippen LogP contribution < -0.4 is 0 Å². The van der Waals surface area contributed by atoms with Gasteiger partial charge >= 0.3 is 0 Å². The Bertz CT molecular complexity index is 444. The molecule has 1 N–H and O–H groups in total. The molecule has 2 rings (SSSR count). The van der Waals surface area contributed by atoms with E-state index in [1.54, 1.807) is 18.0 Å². The van der Waals surface area contributed by atoms with Gasteiger partial charge in [0.25, 0.3) is 0 Å². The molecule has 0 aliphatic rings. The number of H-pyrrole nitrogens is 1. The van der Waals surface area contributed by atoms with E-state index in [2.05, 4.69) is 15.4 Å². The minimum Gasteiger partial charge on any atom is -0.254 e. The number of nitrogens with zero attached hydrogens (tertiary/aromatic N) is 2. The van der Waals surface area contributed by atoms with Gasteiger partial charge in [0, 0.05) is 16.4 Å². The zero-order valence-electron chi connectivity index (χ0n) is 8.50. The number of aromatic amines is 1. The molecule has 0 amide bonds. The third kappa shape index (κ3) is 3.18. The van der Waals surface area contributed by atoms with Gasteiger partial charge in [0.2, 0.25) is 0 Å². The minimum absolute atomic E-state index is 0.627. The molecular weight excluding hydrogens is 242 g/mol. The monoisotopic (exact) mass is 253 g/mol. The van der Waals surface area contributed by atoms with Crippen molar-refractivity contribution in [1.82, 2.24) is 15.4 Å². The second kappa shape index (κ2) is 5.81. The molecular formula is C10H11N3OS2. The predicted octanol–water partition coefficient (Wildman–Crippen LogP) is 1.70. The summed E-state index contributed by atoms with van der Waals surface area (Å²) in [6.07, 6.45) is 1.66. The van der Waals surface area contributed by atoms with E-state index in [0.29, 0.717) is 5.75 Å². The lowest BCUT2D eigenvalue weighted by molar-refractivity contribution is 0.684. The highest BCUT2D eigenvalue weighted by Crippen LogP contribution is 2.14. The molecule has 16 heavy (non-hydrogen) atoms. The van der Waals surface area contributed by atoms with Crippen molar-refractivity contribution in [3.8, 4) is 0 Å². The quantitative estimate of drug-likeness (QED) is 0.824. The van der Waals surface area contributed by atoms with Crippen LogP contribution in [0.2, 0.25) is 0 Å². The SMILES string of the molecule is O=[S@](CCSc1cn[nH]n1)c1ccccc1. The van der Waals surface area contributed by atoms with Gasteiger partial charge in [0.1, 0.15) is 5.03 Å². The number of thioether (sulfide) groups is 1. The molecule has 0 aliphatic heterocycles. The standard InChI is InChI=1S/C10H11N3OS2/c14-16(9-4-2-1-3-5-9)7-6-15-10-8-11-13-12-10/h1-5,8H,6-7H2,(H,11,12,13)/t16-/m1/s1. The molecule has 2 aromatic rings. The second-order valence-corrected chi connectivity index (χ2v) is 5.71. The summed E-state index contributed by atoms with van der Waals surface area (Å²) in [6.45, 7) is 0. The van der Waals surface area contributed by atoms with Crippen LogP contribution >= 0.6 is 11.8 Å². The molecule has 0 saturated heterocycles. The zero-order chi connectivity index (χ0) is 11.2. The molecule has 0 bridgehead atoms. The Balaban J connectivity index is 1.81. The van der Waals surface area contributed by atoms with Crippen molar-refractivity contribution in [3.63, 3.8) is 0 Å². The fourth-order valence-corrected chi connectivity index (χ4v) is 3.25. The largest absolute Gasteiger partial charge is 0.254 e. The van der Waals surface area contributed by atoms with Crippen molar-refractivity contribution in [1.29, 1.82) is 0 Å². The summed E-state index contributed by atoms with van der Waals surface area (Å²) in [4.78, 5) is 0.878. The maximum absolute atomic E-state index is 11.8. The van der Waals surface area contributed by atoms with E-state index < -0.39 is 10.8 Å². The van der Waals surface area contributed by atoms with Gasteiger partial charge in [-0.1, -0.05) is 18.2 Å². The third-order valence-electron chi connectivity index (χ3n) is 1.92. The molecule has 0 aliphatic carbocycles. The lowest BCUT2D eigenvalue weighted by Gasteiger charge is -2.00. The van der Waals surface area contributed by atoms with Gasteiger partial charge in [-0.05, 0) is 12.1 Å². The van der Waals surface area contributed by atoms with Crippen molar-refractivity contribution >= 4 is 22.6 Å². The summed E-state index contributed by atoms with van der Waals surface area (Å²) < 4.78 is 11.8. The molecule has 6 heteroatoms. The van der Waals surface area contributed by atoms with Crippen LogP contribution in [0.4, 0.5) is 0 Å². The number of benzene rings is 1. The molecule has 0 spiro atoms. The summed E-state index contributed by atoms with van der Waals surface area (Å²) in [5.41, 5.74) is 0. The highest BCUT2D eigenvalue weighted by Gasteiger charge is 2.03. The third-order valence-corrected chi connectivity index (χ3v) is 4.45. The molecule has 84 valence electrons. The Hall–Kier alpha value is -1.14. The van der Waals surface area contributed by atoms with Crippen molar-refractivity contribution in [2.24, 2.45) is 0 Å². The first kappa shape index (κ1) is 11.3. The van der Waals surface area contributed by atoms with E-state index in [0.717, 1.165) is 15.7 Å². The molecule has 0 saturated carbocycles. The second-order valence-electron chi connectivity index (χ2n) is 3.02. The molecule has 1 aromatic heterocycles. The Morgan fingerprint density at radius 1 is 1.31 bits per heavy atom. The Kier molecular flexibility index (Phi) is 4.12. The Morgan fingerprint density at radius 2 is 2.12 bits per heavy atom. The first-order chi connectivity index (χ1) is 7.86. The van der Waals surface area contributed by atoms with Crippen LogP contribution in [0, 0.1) is 0 Å². The van der Waals surface area contributed by atoms with Crippen molar-refractivity contribution in [3.05, 3.63) is 36.5 Å². The molecule has 0 fully saturated rings. The molecule has 1 heterocycles. The van der Waals surface area contributed by atoms with Crippen LogP contribution in [0.25, 0.3) is 0 Å². The number of nitrogens with one attached hydrogen (secondary N) is 1. The predicted molar refractivity (Wildman–Crippen MR) is 64.8 cm³/mol. The van der Waals surface area contributed by atoms with Crippen LogP contribution in [0.3, 0.4) is 0 Å². The van der Waals surface area contributed by atoms with Gasteiger partial charge in [0.05, 0.1) is 17.0 Å². The van der Waals surface area contributed by atoms with Crippen LogP contribution in [0.15, 0.2) is 46.5 Å². The van der Waals surface area contributed by atoms with Crippen molar-refractivity contribution < 1.29 is 4.21 Å². The van der Waals surface area contributed by atoms with E-state index >= 15 is 0 Å². The average Bonchev–Trinajstić information content (AvgIpc) is 2.83. The molecule has 1 atom stereocenters. The van der Waals surface area contributed by atoms with Gasteiger partial charge in [-0.15, -0.1) is 16.9 Å². The molecule has 1 aromatic carbocycles. The van der Waals surface area contributed by atoms with Crippen LogP contribution in [-0.2, 0) is 10.8 Å². The maximum Gasteiger partial charge on any atom is 0.138 e. The molecule has 0 unspecified atom stereocenters. The van der Waals surface area contributed by atoms with Crippen molar-refractivity contribution in [2.45, 2.75) is 9.92 Å². The summed E-state index contributed by atoms with van der Waals surface area (Å²) in [7, 11) is -0.924. The highest BCUT2D eigenvalue weighted by molar-refractivity contribution is 8.00. The molecule has 4 nitrogen and oxygen atoms in total. The van der Waals surface area contributed by atoms with E-state index in [4.69, 9.17) is 0 Å². The maximum atomic E-state index is 11.8. The summed E-state index contributed by atoms with van der Waals surface area (Å²) in [5.74, 6) is 1.40. The first-order valence-corrected chi connectivity index (χ1v) is 7.09. The lowest BCUT2D eigenvalue weighted by Crippen LogP contribution is -2.00.